The van der Waals surface area contributed by atoms with E-state index in [-0.39, 0.29) is 6.09 Å². The van der Waals surface area contributed by atoms with Crippen LogP contribution in [0.3, 0.4) is 0 Å². The largest absolute Gasteiger partial charge is 0.445 e. The molecule has 0 aromatic heterocycles. The molecule has 1 aromatic carbocycles. The maximum Gasteiger partial charge on any atom is 0.410 e. The number of hydrogen-bond donors (Lipinski definition) is 1. The first-order valence-corrected chi connectivity index (χ1v) is 7.03. The number of likely N-dealkylation sites (tertiary alicyclic amines) is 1. The minimum Gasteiger partial charge on any atom is -0.445 e. The van der Waals surface area contributed by atoms with E-state index in [0.717, 1.165) is 25.1 Å². The van der Waals surface area contributed by atoms with Crippen molar-refractivity contribution < 1.29 is 9.53 Å². The minimum atomic E-state index is -0.191. The summed E-state index contributed by atoms with van der Waals surface area (Å²) in [4.78, 5) is 13.8. The molecule has 4 heteroatoms. The Balaban J connectivity index is 1.43. The number of carbonyl (C=O) groups excluding carboxylic acids is 1. The van der Waals surface area contributed by atoms with Crippen LogP contribution in [0.4, 0.5) is 4.79 Å². The highest BCUT2D eigenvalue weighted by molar-refractivity contribution is 5.68. The third-order valence-electron chi connectivity index (χ3n) is 3.70. The summed E-state index contributed by atoms with van der Waals surface area (Å²) in [7, 11) is 0. The molecule has 0 bridgehead atoms. The van der Waals surface area contributed by atoms with E-state index < -0.39 is 0 Å². The lowest BCUT2D eigenvalue weighted by Gasteiger charge is -2.17. The van der Waals surface area contributed by atoms with Crippen molar-refractivity contribution in [1.29, 1.82) is 0 Å². The second-order valence-corrected chi connectivity index (χ2v) is 5.41. The zero-order chi connectivity index (χ0) is 13.1. The van der Waals surface area contributed by atoms with E-state index in [2.05, 4.69) is 5.32 Å². The number of carbonyl (C=O) groups is 1. The van der Waals surface area contributed by atoms with Gasteiger partial charge in [0.1, 0.15) is 6.61 Å². The zero-order valence-electron chi connectivity index (χ0n) is 11.0. The molecule has 3 rings (SSSR count). The summed E-state index contributed by atoms with van der Waals surface area (Å²) in [6, 6.07) is 11.0. The van der Waals surface area contributed by atoms with Gasteiger partial charge in [0.25, 0.3) is 0 Å². The van der Waals surface area contributed by atoms with Crippen LogP contribution in [-0.4, -0.2) is 36.2 Å². The summed E-state index contributed by atoms with van der Waals surface area (Å²) in [5.41, 5.74) is 1.03. The molecule has 1 saturated carbocycles. The Hall–Kier alpha value is -1.55. The molecule has 19 heavy (non-hydrogen) atoms. The monoisotopic (exact) mass is 260 g/mol. The molecular weight excluding hydrogens is 240 g/mol. The number of amides is 1. The van der Waals surface area contributed by atoms with E-state index in [0.29, 0.717) is 18.7 Å². The van der Waals surface area contributed by atoms with Crippen LogP contribution in [0, 0.1) is 0 Å². The molecule has 1 aromatic rings. The van der Waals surface area contributed by atoms with Crippen LogP contribution in [0.15, 0.2) is 30.3 Å². The molecule has 0 unspecified atom stereocenters. The minimum absolute atomic E-state index is 0.191. The van der Waals surface area contributed by atoms with Gasteiger partial charge in [0.2, 0.25) is 0 Å². The van der Waals surface area contributed by atoms with E-state index in [1.807, 2.05) is 35.2 Å². The quantitative estimate of drug-likeness (QED) is 0.902. The van der Waals surface area contributed by atoms with Gasteiger partial charge in [-0.3, -0.25) is 0 Å². The van der Waals surface area contributed by atoms with Crippen LogP contribution in [0.2, 0.25) is 0 Å². The molecule has 4 nitrogen and oxygen atoms in total. The molecule has 2 fully saturated rings. The molecule has 1 atom stereocenters. The molecule has 1 aliphatic carbocycles. The fourth-order valence-electron chi connectivity index (χ4n) is 2.46. The predicted molar refractivity (Wildman–Crippen MR) is 72.8 cm³/mol. The van der Waals surface area contributed by atoms with Gasteiger partial charge in [-0.2, -0.15) is 0 Å². The van der Waals surface area contributed by atoms with E-state index in [9.17, 15) is 4.79 Å². The standard InChI is InChI=1S/C15H20N2O2/c18-15(19-11-12-4-2-1-3-5-12)17-9-8-14(10-17)16-13-6-7-13/h1-5,13-14,16H,6-11H2/t14-/m0/s1. The van der Waals surface area contributed by atoms with Crippen LogP contribution < -0.4 is 5.32 Å². The molecule has 1 N–H and O–H groups in total. The maximum absolute atomic E-state index is 11.9. The summed E-state index contributed by atoms with van der Waals surface area (Å²) < 4.78 is 5.34. The molecular formula is C15H20N2O2. The normalized spacial score (nSPS) is 22.5. The first-order chi connectivity index (χ1) is 9.31. The first-order valence-electron chi connectivity index (χ1n) is 7.03. The number of ether oxygens (including phenoxy) is 1. The SMILES string of the molecule is O=C(OCc1ccccc1)N1CC[C@H](NC2CC2)C1. The Kier molecular flexibility index (Phi) is 3.69. The van der Waals surface area contributed by atoms with E-state index in [4.69, 9.17) is 4.74 Å². The molecule has 0 radical (unpaired) electrons. The van der Waals surface area contributed by atoms with E-state index in [1.54, 1.807) is 0 Å². The summed E-state index contributed by atoms with van der Waals surface area (Å²) >= 11 is 0. The van der Waals surface area contributed by atoms with Crippen LogP contribution >= 0.6 is 0 Å². The van der Waals surface area contributed by atoms with Gasteiger partial charge in [0.05, 0.1) is 0 Å². The summed E-state index contributed by atoms with van der Waals surface area (Å²) in [6.45, 7) is 1.94. The molecule has 0 spiro atoms. The summed E-state index contributed by atoms with van der Waals surface area (Å²) in [5, 5.41) is 3.56. The zero-order valence-corrected chi connectivity index (χ0v) is 11.0. The summed E-state index contributed by atoms with van der Waals surface area (Å²) in [5.74, 6) is 0. The average Bonchev–Trinajstić information content (AvgIpc) is 3.13. The number of rotatable bonds is 4. The highest BCUT2D eigenvalue weighted by Gasteiger charge is 2.31. The van der Waals surface area contributed by atoms with Crippen molar-refractivity contribution in [3.63, 3.8) is 0 Å². The lowest BCUT2D eigenvalue weighted by molar-refractivity contribution is 0.103. The van der Waals surface area contributed by atoms with Crippen molar-refractivity contribution in [2.24, 2.45) is 0 Å². The number of benzene rings is 1. The number of nitrogens with zero attached hydrogens (tertiary/aromatic N) is 1. The van der Waals surface area contributed by atoms with Crippen molar-refractivity contribution in [2.75, 3.05) is 13.1 Å². The predicted octanol–water partition coefficient (Wildman–Crippen LogP) is 2.15. The Morgan fingerprint density at radius 3 is 2.74 bits per heavy atom. The van der Waals surface area contributed by atoms with Gasteiger partial charge in [-0.05, 0) is 24.8 Å². The van der Waals surface area contributed by atoms with Gasteiger partial charge in [-0.15, -0.1) is 0 Å². The maximum atomic E-state index is 11.9. The van der Waals surface area contributed by atoms with Gasteiger partial charge in [0.15, 0.2) is 0 Å². The molecule has 2 aliphatic rings. The fraction of sp³-hybridized carbons (Fsp3) is 0.533. The van der Waals surface area contributed by atoms with Crippen molar-refractivity contribution in [1.82, 2.24) is 10.2 Å². The number of nitrogens with one attached hydrogen (secondary N) is 1. The van der Waals surface area contributed by atoms with Crippen molar-refractivity contribution in [2.45, 2.75) is 38.0 Å². The smallest absolute Gasteiger partial charge is 0.410 e. The lowest BCUT2D eigenvalue weighted by atomic mass is 10.2. The third-order valence-corrected chi connectivity index (χ3v) is 3.70. The molecule has 1 amide bonds. The third kappa shape index (κ3) is 3.47. The molecule has 1 aliphatic heterocycles. The second-order valence-electron chi connectivity index (χ2n) is 5.41. The Bertz CT molecular complexity index is 431. The molecule has 1 saturated heterocycles. The van der Waals surface area contributed by atoms with Gasteiger partial charge in [-0.25, -0.2) is 4.79 Å². The van der Waals surface area contributed by atoms with Gasteiger partial charge in [0, 0.05) is 25.2 Å². The van der Waals surface area contributed by atoms with Crippen LogP contribution in [0.1, 0.15) is 24.8 Å². The Labute approximate surface area is 113 Å². The average molecular weight is 260 g/mol. The van der Waals surface area contributed by atoms with Gasteiger partial charge in [-0.1, -0.05) is 30.3 Å². The van der Waals surface area contributed by atoms with Gasteiger partial charge < -0.3 is 15.0 Å². The molecule has 1 heterocycles. The fourth-order valence-corrected chi connectivity index (χ4v) is 2.46. The summed E-state index contributed by atoms with van der Waals surface area (Å²) in [6.07, 6.45) is 3.42. The Morgan fingerprint density at radius 2 is 2.00 bits per heavy atom. The van der Waals surface area contributed by atoms with Crippen molar-refractivity contribution >= 4 is 6.09 Å². The highest BCUT2D eigenvalue weighted by atomic mass is 16.6. The van der Waals surface area contributed by atoms with E-state index in [1.165, 1.54) is 12.8 Å². The first kappa shape index (κ1) is 12.5. The molecule has 102 valence electrons. The highest BCUT2D eigenvalue weighted by Crippen LogP contribution is 2.22. The van der Waals surface area contributed by atoms with Crippen LogP contribution in [0.25, 0.3) is 0 Å². The number of hydrogen-bond acceptors (Lipinski definition) is 3. The second kappa shape index (κ2) is 5.61. The van der Waals surface area contributed by atoms with Crippen LogP contribution in [0.5, 0.6) is 0 Å². The Morgan fingerprint density at radius 1 is 1.21 bits per heavy atom. The van der Waals surface area contributed by atoms with Crippen molar-refractivity contribution in [3.05, 3.63) is 35.9 Å². The van der Waals surface area contributed by atoms with E-state index >= 15 is 0 Å². The van der Waals surface area contributed by atoms with Gasteiger partial charge >= 0.3 is 6.09 Å². The van der Waals surface area contributed by atoms with Crippen molar-refractivity contribution in [3.8, 4) is 0 Å². The van der Waals surface area contributed by atoms with Crippen LogP contribution in [-0.2, 0) is 11.3 Å². The topological polar surface area (TPSA) is 41.6 Å². The lowest BCUT2D eigenvalue weighted by Crippen LogP contribution is -2.36.